The number of aryl methyl sites for hydroxylation is 1. The van der Waals surface area contributed by atoms with Crippen LogP contribution in [-0.2, 0) is 0 Å². The number of aliphatic imine (C=N–C) groups is 1. The third kappa shape index (κ3) is 3.81. The van der Waals surface area contributed by atoms with Gasteiger partial charge in [-0.25, -0.2) is 4.39 Å². The van der Waals surface area contributed by atoms with Gasteiger partial charge in [-0.05, 0) is 36.6 Å². The van der Waals surface area contributed by atoms with Gasteiger partial charge in [0.1, 0.15) is 5.82 Å². The van der Waals surface area contributed by atoms with Gasteiger partial charge in [0.05, 0.1) is 6.04 Å². The van der Waals surface area contributed by atoms with Crippen molar-refractivity contribution < 1.29 is 4.39 Å². The molecule has 1 aliphatic heterocycles. The van der Waals surface area contributed by atoms with Crippen LogP contribution in [-0.4, -0.2) is 5.17 Å². The molecule has 22 heavy (non-hydrogen) atoms. The average Bonchev–Trinajstić information content (AvgIpc) is 2.48. The SMILES string of the molecule is Cc1ccc([C@@H]2C[C@H](c3ccc(F)cc3)SC(N)=N2)cc1.Cl. The minimum Gasteiger partial charge on any atom is -0.379 e. The second-order valence-corrected chi connectivity index (χ2v) is 6.51. The van der Waals surface area contributed by atoms with Crippen molar-refractivity contribution >= 4 is 29.3 Å². The largest absolute Gasteiger partial charge is 0.379 e. The number of nitrogens with zero attached hydrogens (tertiary/aromatic N) is 1. The van der Waals surface area contributed by atoms with Gasteiger partial charge in [0.15, 0.2) is 5.17 Å². The summed E-state index contributed by atoms with van der Waals surface area (Å²) in [6.07, 6.45) is 0.875. The predicted molar refractivity (Wildman–Crippen MR) is 94.1 cm³/mol. The van der Waals surface area contributed by atoms with Gasteiger partial charge in [-0.1, -0.05) is 53.7 Å². The Morgan fingerprint density at radius 3 is 2.27 bits per heavy atom. The van der Waals surface area contributed by atoms with Crippen LogP contribution in [0.15, 0.2) is 53.5 Å². The molecule has 1 heterocycles. The first-order valence-corrected chi connectivity index (χ1v) is 7.82. The lowest BCUT2D eigenvalue weighted by Gasteiger charge is -2.26. The molecular weight excluding hydrogens is 319 g/mol. The van der Waals surface area contributed by atoms with E-state index < -0.39 is 0 Å². The standard InChI is InChI=1S/C17H17FN2S.ClH/c1-11-2-4-12(5-3-11)15-10-16(21-17(19)20-15)13-6-8-14(18)9-7-13;/h2-9,15-16H,10H2,1H3,(H2,19,20);1H/t15-,16+;/m0./s1. The quantitative estimate of drug-likeness (QED) is 0.856. The molecule has 0 spiro atoms. The molecule has 1 aliphatic rings. The predicted octanol–water partition coefficient (Wildman–Crippen LogP) is 4.79. The summed E-state index contributed by atoms with van der Waals surface area (Å²) in [6, 6.07) is 15.1. The molecule has 116 valence electrons. The highest BCUT2D eigenvalue weighted by molar-refractivity contribution is 8.14. The summed E-state index contributed by atoms with van der Waals surface area (Å²) in [5.74, 6) is -0.212. The molecule has 0 saturated carbocycles. The zero-order valence-corrected chi connectivity index (χ0v) is 13.8. The molecule has 2 atom stereocenters. The van der Waals surface area contributed by atoms with Gasteiger partial charge in [0, 0.05) is 5.25 Å². The number of benzene rings is 2. The number of amidine groups is 1. The number of hydrogen-bond acceptors (Lipinski definition) is 3. The molecule has 2 aromatic rings. The van der Waals surface area contributed by atoms with Gasteiger partial charge in [-0.3, -0.25) is 4.99 Å². The molecule has 0 unspecified atom stereocenters. The van der Waals surface area contributed by atoms with E-state index in [1.165, 1.54) is 23.3 Å². The van der Waals surface area contributed by atoms with Gasteiger partial charge in [0.2, 0.25) is 0 Å². The normalized spacial score (nSPS) is 20.9. The van der Waals surface area contributed by atoms with Crippen molar-refractivity contribution in [3.8, 4) is 0 Å². The summed E-state index contributed by atoms with van der Waals surface area (Å²) in [5.41, 5.74) is 9.49. The zero-order valence-electron chi connectivity index (χ0n) is 12.2. The molecule has 0 bridgehead atoms. The number of halogens is 2. The van der Waals surface area contributed by atoms with E-state index in [2.05, 4.69) is 36.2 Å². The lowest BCUT2D eigenvalue weighted by Crippen LogP contribution is -2.18. The molecule has 2 aromatic carbocycles. The van der Waals surface area contributed by atoms with E-state index in [-0.39, 0.29) is 29.5 Å². The number of hydrogen-bond donors (Lipinski definition) is 1. The third-order valence-corrected chi connectivity index (χ3v) is 4.78. The first kappa shape index (κ1) is 16.8. The van der Waals surface area contributed by atoms with Crippen molar-refractivity contribution in [1.82, 2.24) is 0 Å². The molecule has 0 radical (unpaired) electrons. The van der Waals surface area contributed by atoms with Crippen molar-refractivity contribution in [2.45, 2.75) is 24.6 Å². The Morgan fingerprint density at radius 1 is 1.05 bits per heavy atom. The first-order valence-electron chi connectivity index (χ1n) is 6.94. The molecule has 0 fully saturated rings. The number of nitrogens with two attached hydrogens (primary N) is 1. The molecule has 0 saturated heterocycles. The van der Waals surface area contributed by atoms with E-state index in [0.29, 0.717) is 5.17 Å². The second kappa shape index (κ2) is 7.16. The molecule has 5 heteroatoms. The van der Waals surface area contributed by atoms with Crippen molar-refractivity contribution in [3.05, 3.63) is 71.0 Å². The van der Waals surface area contributed by atoms with Gasteiger partial charge in [0.25, 0.3) is 0 Å². The van der Waals surface area contributed by atoms with Crippen molar-refractivity contribution in [3.63, 3.8) is 0 Å². The summed E-state index contributed by atoms with van der Waals surface area (Å²) in [6.45, 7) is 2.07. The van der Waals surface area contributed by atoms with Crippen LogP contribution in [0.1, 0.15) is 34.4 Å². The smallest absolute Gasteiger partial charge is 0.155 e. The Kier molecular flexibility index (Phi) is 5.48. The fourth-order valence-corrected chi connectivity index (χ4v) is 3.57. The summed E-state index contributed by atoms with van der Waals surface area (Å²) < 4.78 is 13.1. The fraction of sp³-hybridized carbons (Fsp3) is 0.235. The minimum atomic E-state index is -0.212. The average molecular weight is 337 g/mol. The highest BCUT2D eigenvalue weighted by Gasteiger charge is 2.25. The summed E-state index contributed by atoms with van der Waals surface area (Å²) in [4.78, 5) is 4.56. The van der Waals surface area contributed by atoms with E-state index in [9.17, 15) is 4.39 Å². The van der Waals surface area contributed by atoms with Crippen molar-refractivity contribution in [2.75, 3.05) is 0 Å². The van der Waals surface area contributed by atoms with Crippen LogP contribution in [0.3, 0.4) is 0 Å². The van der Waals surface area contributed by atoms with Crippen molar-refractivity contribution in [1.29, 1.82) is 0 Å². The highest BCUT2D eigenvalue weighted by Crippen LogP contribution is 2.42. The zero-order chi connectivity index (χ0) is 14.8. The van der Waals surface area contributed by atoms with Crippen LogP contribution in [0.4, 0.5) is 4.39 Å². The van der Waals surface area contributed by atoms with Crippen LogP contribution in [0.2, 0.25) is 0 Å². The Hall–Kier alpha value is -1.52. The summed E-state index contributed by atoms with van der Waals surface area (Å²) in [7, 11) is 0. The third-order valence-electron chi connectivity index (χ3n) is 3.69. The van der Waals surface area contributed by atoms with E-state index >= 15 is 0 Å². The Labute approximate surface area is 140 Å². The van der Waals surface area contributed by atoms with E-state index in [4.69, 9.17) is 5.73 Å². The monoisotopic (exact) mass is 336 g/mol. The minimum absolute atomic E-state index is 0. The maximum absolute atomic E-state index is 13.1. The molecule has 3 rings (SSSR count). The maximum atomic E-state index is 13.1. The highest BCUT2D eigenvalue weighted by atomic mass is 35.5. The number of rotatable bonds is 2. The first-order chi connectivity index (χ1) is 10.1. The molecule has 2 N–H and O–H groups in total. The van der Waals surface area contributed by atoms with Crippen LogP contribution in [0.5, 0.6) is 0 Å². The van der Waals surface area contributed by atoms with Gasteiger partial charge in [-0.15, -0.1) is 12.4 Å². The lowest BCUT2D eigenvalue weighted by atomic mass is 9.98. The second-order valence-electron chi connectivity index (χ2n) is 5.29. The van der Waals surface area contributed by atoms with E-state index in [0.717, 1.165) is 12.0 Å². The topological polar surface area (TPSA) is 38.4 Å². The summed E-state index contributed by atoms with van der Waals surface area (Å²) in [5, 5.41) is 0.815. The summed E-state index contributed by atoms with van der Waals surface area (Å²) >= 11 is 1.55. The lowest BCUT2D eigenvalue weighted by molar-refractivity contribution is 0.621. The molecule has 2 nitrogen and oxygen atoms in total. The molecule has 0 amide bonds. The van der Waals surface area contributed by atoms with E-state index in [1.807, 2.05) is 12.1 Å². The maximum Gasteiger partial charge on any atom is 0.155 e. The molecule has 0 aliphatic carbocycles. The Bertz CT molecular complexity index is 655. The Balaban J connectivity index is 0.00000176. The number of thioether (sulfide) groups is 1. The van der Waals surface area contributed by atoms with Crippen LogP contribution < -0.4 is 5.73 Å². The van der Waals surface area contributed by atoms with Crippen LogP contribution in [0, 0.1) is 12.7 Å². The van der Waals surface area contributed by atoms with Crippen LogP contribution >= 0.6 is 24.2 Å². The Morgan fingerprint density at radius 2 is 1.64 bits per heavy atom. The fourth-order valence-electron chi connectivity index (χ4n) is 2.51. The van der Waals surface area contributed by atoms with E-state index in [1.54, 1.807) is 11.8 Å². The van der Waals surface area contributed by atoms with Gasteiger partial charge in [-0.2, -0.15) is 0 Å². The van der Waals surface area contributed by atoms with Crippen LogP contribution in [0.25, 0.3) is 0 Å². The van der Waals surface area contributed by atoms with Crippen molar-refractivity contribution in [2.24, 2.45) is 10.7 Å². The molecule has 0 aromatic heterocycles. The van der Waals surface area contributed by atoms with Gasteiger partial charge < -0.3 is 5.73 Å². The molecular formula is C17H18ClFN2S. The van der Waals surface area contributed by atoms with Gasteiger partial charge >= 0.3 is 0 Å².